The number of aromatic nitrogens is 3. The molecule has 1 aliphatic carbocycles. The second-order valence-corrected chi connectivity index (χ2v) is 10.1. The lowest BCUT2D eigenvalue weighted by atomic mass is 10.0. The van der Waals surface area contributed by atoms with Crippen LogP contribution in [-0.4, -0.2) is 44.9 Å². The summed E-state index contributed by atoms with van der Waals surface area (Å²) in [5.74, 6) is 0.000608. The monoisotopic (exact) mass is 507 g/mol. The Kier molecular flexibility index (Phi) is 6.82. The Labute approximate surface area is 222 Å². The Balaban J connectivity index is 1.35. The Morgan fingerprint density at radius 2 is 1.74 bits per heavy atom. The third kappa shape index (κ3) is 5.14. The lowest BCUT2D eigenvalue weighted by molar-refractivity contribution is 0.0730. The van der Waals surface area contributed by atoms with Gasteiger partial charge in [-0.25, -0.2) is 14.4 Å². The normalized spacial score (nSPS) is 15.3. The smallest absolute Gasteiger partial charge is 0.258 e. The number of hydrogen-bond donors (Lipinski definition) is 0. The van der Waals surface area contributed by atoms with Crippen LogP contribution in [0.4, 0.5) is 10.3 Å². The highest BCUT2D eigenvalue weighted by Crippen LogP contribution is 2.34. The van der Waals surface area contributed by atoms with E-state index >= 15 is 4.39 Å². The molecular formula is C31H30FN5O. The van der Waals surface area contributed by atoms with E-state index in [-0.39, 0.29) is 11.9 Å². The molecule has 1 aliphatic heterocycles. The number of carbonyl (C=O) groups excluding carboxylic acids is 1. The van der Waals surface area contributed by atoms with E-state index in [0.717, 1.165) is 55.5 Å². The summed E-state index contributed by atoms with van der Waals surface area (Å²) in [6.07, 6.45) is 10.4. The number of rotatable bonds is 7. The summed E-state index contributed by atoms with van der Waals surface area (Å²) in [4.78, 5) is 31.6. The van der Waals surface area contributed by atoms with Gasteiger partial charge in [0.2, 0.25) is 5.95 Å². The number of pyridine rings is 1. The first-order valence-electron chi connectivity index (χ1n) is 13.3. The molecule has 0 atom stereocenters. The summed E-state index contributed by atoms with van der Waals surface area (Å²) < 4.78 is 15.0. The van der Waals surface area contributed by atoms with Crippen LogP contribution >= 0.6 is 0 Å². The van der Waals surface area contributed by atoms with Gasteiger partial charge in [0.25, 0.3) is 5.91 Å². The molecule has 2 fully saturated rings. The minimum absolute atomic E-state index is 0.155. The van der Waals surface area contributed by atoms with Crippen LogP contribution < -0.4 is 4.90 Å². The summed E-state index contributed by atoms with van der Waals surface area (Å²) in [6.45, 7) is 2.20. The van der Waals surface area contributed by atoms with E-state index in [9.17, 15) is 4.79 Å². The Morgan fingerprint density at radius 3 is 2.50 bits per heavy atom. The van der Waals surface area contributed by atoms with E-state index < -0.39 is 5.82 Å². The quantitative estimate of drug-likeness (QED) is 0.301. The van der Waals surface area contributed by atoms with Crippen LogP contribution in [0.3, 0.4) is 0 Å². The molecule has 4 aromatic rings. The molecule has 3 heterocycles. The third-order valence-electron chi connectivity index (χ3n) is 7.32. The number of carbonyl (C=O) groups is 1. The summed E-state index contributed by atoms with van der Waals surface area (Å²) >= 11 is 0. The van der Waals surface area contributed by atoms with E-state index in [2.05, 4.69) is 27.0 Å². The molecule has 1 saturated heterocycles. The molecule has 0 bridgehead atoms. The fourth-order valence-corrected chi connectivity index (χ4v) is 5.13. The van der Waals surface area contributed by atoms with E-state index in [1.54, 1.807) is 36.8 Å². The van der Waals surface area contributed by atoms with Gasteiger partial charge in [-0.3, -0.25) is 9.78 Å². The van der Waals surface area contributed by atoms with Crippen molar-refractivity contribution in [1.82, 2.24) is 19.9 Å². The van der Waals surface area contributed by atoms with Crippen molar-refractivity contribution < 1.29 is 9.18 Å². The van der Waals surface area contributed by atoms with Crippen molar-refractivity contribution in [3.05, 3.63) is 96.2 Å². The minimum atomic E-state index is -0.395. The van der Waals surface area contributed by atoms with Gasteiger partial charge in [0.1, 0.15) is 5.82 Å². The van der Waals surface area contributed by atoms with E-state index in [1.807, 2.05) is 29.2 Å². The van der Waals surface area contributed by atoms with Crippen LogP contribution in [0, 0.1) is 5.82 Å². The van der Waals surface area contributed by atoms with Crippen LogP contribution in [0.2, 0.25) is 0 Å². The van der Waals surface area contributed by atoms with Crippen molar-refractivity contribution >= 4 is 11.9 Å². The van der Waals surface area contributed by atoms with E-state index in [0.29, 0.717) is 29.3 Å². The van der Waals surface area contributed by atoms with Gasteiger partial charge in [0, 0.05) is 49.8 Å². The van der Waals surface area contributed by atoms with Gasteiger partial charge in [0.15, 0.2) is 0 Å². The van der Waals surface area contributed by atoms with Crippen molar-refractivity contribution in [3.8, 4) is 22.4 Å². The molecule has 192 valence electrons. The highest BCUT2D eigenvalue weighted by atomic mass is 19.1. The Bertz CT molecular complexity index is 1430. The molecule has 0 unspecified atom stereocenters. The van der Waals surface area contributed by atoms with E-state index in [1.165, 1.54) is 12.5 Å². The van der Waals surface area contributed by atoms with Gasteiger partial charge in [-0.05, 0) is 79.1 Å². The number of hydrogen-bond acceptors (Lipinski definition) is 5. The lowest BCUT2D eigenvalue weighted by Crippen LogP contribution is -2.34. The molecule has 1 amide bonds. The zero-order chi connectivity index (χ0) is 25.9. The molecule has 38 heavy (non-hydrogen) atoms. The van der Waals surface area contributed by atoms with Crippen LogP contribution in [0.25, 0.3) is 22.4 Å². The molecule has 0 N–H and O–H groups in total. The first kappa shape index (κ1) is 24.2. The maximum atomic E-state index is 15.0. The molecule has 0 spiro atoms. The number of nitrogens with zero attached hydrogens (tertiary/aromatic N) is 5. The van der Waals surface area contributed by atoms with Crippen molar-refractivity contribution in [3.63, 3.8) is 0 Å². The highest BCUT2D eigenvalue weighted by Gasteiger charge is 2.35. The molecule has 2 aromatic carbocycles. The SMILES string of the molecule is O=C(c1cnc(N2CCCCC2)nc1-c1ccccc1F)N(Cc1cccc(-c2ccncc2)c1)C1CC1. The summed E-state index contributed by atoms with van der Waals surface area (Å²) in [5.41, 5.74) is 4.22. The first-order chi connectivity index (χ1) is 18.7. The van der Waals surface area contributed by atoms with E-state index in [4.69, 9.17) is 4.98 Å². The summed E-state index contributed by atoms with van der Waals surface area (Å²) in [7, 11) is 0. The number of anilines is 1. The number of benzene rings is 2. The summed E-state index contributed by atoms with van der Waals surface area (Å²) in [5, 5.41) is 0. The third-order valence-corrected chi connectivity index (χ3v) is 7.32. The van der Waals surface area contributed by atoms with Crippen LogP contribution in [0.5, 0.6) is 0 Å². The van der Waals surface area contributed by atoms with Crippen LogP contribution in [0.1, 0.15) is 48.0 Å². The predicted molar refractivity (Wildman–Crippen MR) is 146 cm³/mol. The van der Waals surface area contributed by atoms with Crippen molar-refractivity contribution in [2.45, 2.75) is 44.7 Å². The van der Waals surface area contributed by atoms with Gasteiger partial charge in [0.05, 0.1) is 11.3 Å². The molecule has 2 aliphatic rings. The second-order valence-electron chi connectivity index (χ2n) is 10.1. The highest BCUT2D eigenvalue weighted by molar-refractivity contribution is 6.00. The molecule has 7 heteroatoms. The van der Waals surface area contributed by atoms with Gasteiger partial charge in [-0.1, -0.05) is 30.3 Å². The maximum absolute atomic E-state index is 15.0. The molecule has 2 aromatic heterocycles. The average molecular weight is 508 g/mol. The van der Waals surface area contributed by atoms with Gasteiger partial charge in [-0.2, -0.15) is 0 Å². The number of piperidine rings is 1. The van der Waals surface area contributed by atoms with Gasteiger partial charge in [-0.15, -0.1) is 0 Å². The summed E-state index contributed by atoms with van der Waals surface area (Å²) in [6, 6.07) is 18.9. The first-order valence-corrected chi connectivity index (χ1v) is 13.3. The topological polar surface area (TPSA) is 62.2 Å². The zero-order valence-corrected chi connectivity index (χ0v) is 21.3. The number of halogens is 1. The molecule has 1 saturated carbocycles. The van der Waals surface area contributed by atoms with Crippen LogP contribution in [0.15, 0.2) is 79.3 Å². The fourth-order valence-electron chi connectivity index (χ4n) is 5.13. The molecule has 6 rings (SSSR count). The van der Waals surface area contributed by atoms with Crippen molar-refractivity contribution in [2.75, 3.05) is 18.0 Å². The average Bonchev–Trinajstić information content (AvgIpc) is 3.82. The maximum Gasteiger partial charge on any atom is 0.258 e. The second kappa shape index (κ2) is 10.7. The zero-order valence-electron chi connectivity index (χ0n) is 21.3. The van der Waals surface area contributed by atoms with Crippen molar-refractivity contribution in [2.24, 2.45) is 0 Å². The standard InChI is InChI=1S/C31H30FN5O/c32-28-10-3-2-9-26(28)29-27(20-34-31(35-29)36-17-4-1-5-18-36)30(38)37(25-11-12-25)21-22-7-6-8-24(19-22)23-13-15-33-16-14-23/h2-3,6-10,13-16,19-20,25H,1,4-5,11-12,17-18,21H2. The largest absolute Gasteiger partial charge is 0.341 e. The van der Waals surface area contributed by atoms with Crippen LogP contribution in [-0.2, 0) is 6.54 Å². The molecule has 0 radical (unpaired) electrons. The Morgan fingerprint density at radius 1 is 0.947 bits per heavy atom. The van der Waals surface area contributed by atoms with Crippen molar-refractivity contribution in [1.29, 1.82) is 0 Å². The number of amides is 1. The van der Waals surface area contributed by atoms with Gasteiger partial charge < -0.3 is 9.80 Å². The molecular weight excluding hydrogens is 477 g/mol. The lowest BCUT2D eigenvalue weighted by Gasteiger charge is -2.28. The Hall–Kier alpha value is -4.13. The van der Waals surface area contributed by atoms with Gasteiger partial charge >= 0.3 is 0 Å². The predicted octanol–water partition coefficient (Wildman–Crippen LogP) is 6.14. The minimum Gasteiger partial charge on any atom is -0.341 e. The fraction of sp³-hybridized carbons (Fsp3) is 0.290. The molecule has 6 nitrogen and oxygen atoms in total.